The van der Waals surface area contributed by atoms with Crippen LogP contribution >= 0.6 is 0 Å². The molecule has 2 unspecified atom stereocenters. The lowest BCUT2D eigenvalue weighted by molar-refractivity contribution is -0.0221. The number of aliphatic hydroxyl groups excluding tert-OH is 1. The highest BCUT2D eigenvalue weighted by Crippen LogP contribution is 2.32. The van der Waals surface area contributed by atoms with Gasteiger partial charge in [0.1, 0.15) is 5.60 Å². The molecule has 0 radical (unpaired) electrons. The molecular formula is C14H24N2O3. The summed E-state index contributed by atoms with van der Waals surface area (Å²) in [4.78, 5) is 4.45. The molecule has 1 heterocycles. The van der Waals surface area contributed by atoms with Crippen LogP contribution in [0.4, 0.5) is 0 Å². The summed E-state index contributed by atoms with van der Waals surface area (Å²) < 4.78 is 11.0. The summed E-state index contributed by atoms with van der Waals surface area (Å²) in [6.45, 7) is 6.39. The van der Waals surface area contributed by atoms with Crippen molar-refractivity contribution < 1.29 is 14.4 Å². The standard InChI is InChI=1S/C14H24N2O3/c1-4-18-14(2,3)13-15-12(19-16-13)10-8-6-5-7-9-11(10)17/h10-11,17H,4-9H2,1-3H3. The molecule has 2 rings (SSSR count). The van der Waals surface area contributed by atoms with Crippen molar-refractivity contribution in [1.29, 1.82) is 0 Å². The second kappa shape index (κ2) is 6.01. The summed E-state index contributed by atoms with van der Waals surface area (Å²) in [5.41, 5.74) is -0.549. The van der Waals surface area contributed by atoms with Crippen molar-refractivity contribution in [2.24, 2.45) is 0 Å². The van der Waals surface area contributed by atoms with Crippen LogP contribution in [0.1, 0.15) is 70.5 Å². The highest BCUT2D eigenvalue weighted by molar-refractivity contribution is 5.03. The Morgan fingerprint density at radius 2 is 2.05 bits per heavy atom. The van der Waals surface area contributed by atoms with Crippen molar-refractivity contribution in [3.05, 3.63) is 11.7 Å². The molecule has 108 valence electrons. The summed E-state index contributed by atoms with van der Waals surface area (Å²) in [6, 6.07) is 0. The smallest absolute Gasteiger partial charge is 0.232 e. The molecule has 19 heavy (non-hydrogen) atoms. The van der Waals surface area contributed by atoms with E-state index in [2.05, 4.69) is 10.1 Å². The number of aromatic nitrogens is 2. The van der Waals surface area contributed by atoms with Crippen LogP contribution in [0.3, 0.4) is 0 Å². The van der Waals surface area contributed by atoms with Crippen molar-refractivity contribution in [2.75, 3.05) is 6.61 Å². The van der Waals surface area contributed by atoms with Crippen LogP contribution < -0.4 is 0 Å². The lowest BCUT2D eigenvalue weighted by atomic mass is 9.97. The number of aliphatic hydroxyl groups is 1. The van der Waals surface area contributed by atoms with Crippen molar-refractivity contribution in [1.82, 2.24) is 10.1 Å². The monoisotopic (exact) mass is 268 g/mol. The number of hydrogen-bond donors (Lipinski definition) is 1. The van der Waals surface area contributed by atoms with Crippen molar-refractivity contribution in [3.8, 4) is 0 Å². The maximum atomic E-state index is 10.2. The van der Waals surface area contributed by atoms with E-state index in [1.54, 1.807) is 0 Å². The molecule has 1 aliphatic rings. The number of nitrogens with zero attached hydrogens (tertiary/aromatic N) is 2. The van der Waals surface area contributed by atoms with E-state index in [0.29, 0.717) is 18.3 Å². The van der Waals surface area contributed by atoms with Gasteiger partial charge in [-0.3, -0.25) is 0 Å². The molecule has 0 saturated heterocycles. The first kappa shape index (κ1) is 14.5. The van der Waals surface area contributed by atoms with E-state index >= 15 is 0 Å². The molecule has 1 saturated carbocycles. The zero-order valence-corrected chi connectivity index (χ0v) is 12.1. The maximum Gasteiger partial charge on any atom is 0.232 e. The van der Waals surface area contributed by atoms with Gasteiger partial charge in [-0.2, -0.15) is 4.98 Å². The Hall–Kier alpha value is -0.940. The first-order valence-corrected chi connectivity index (χ1v) is 7.20. The molecule has 1 aromatic heterocycles. The molecule has 5 nitrogen and oxygen atoms in total. The predicted molar refractivity (Wildman–Crippen MR) is 70.8 cm³/mol. The maximum absolute atomic E-state index is 10.2. The zero-order valence-electron chi connectivity index (χ0n) is 12.1. The Morgan fingerprint density at radius 3 is 2.79 bits per heavy atom. The van der Waals surface area contributed by atoms with Crippen LogP contribution in [0.2, 0.25) is 0 Å². The summed E-state index contributed by atoms with van der Waals surface area (Å²) >= 11 is 0. The fraction of sp³-hybridized carbons (Fsp3) is 0.857. The normalized spacial score (nSPS) is 25.3. The molecule has 0 aromatic carbocycles. The molecule has 5 heteroatoms. The Kier molecular flexibility index (Phi) is 4.58. The van der Waals surface area contributed by atoms with Gasteiger partial charge in [0, 0.05) is 6.61 Å². The van der Waals surface area contributed by atoms with Crippen LogP contribution in [0.15, 0.2) is 4.52 Å². The fourth-order valence-corrected chi connectivity index (χ4v) is 2.63. The van der Waals surface area contributed by atoms with Crippen molar-refractivity contribution in [2.45, 2.75) is 70.5 Å². The highest BCUT2D eigenvalue weighted by Gasteiger charge is 2.32. The summed E-state index contributed by atoms with van der Waals surface area (Å²) in [7, 11) is 0. The molecule has 0 aliphatic heterocycles. The average molecular weight is 268 g/mol. The topological polar surface area (TPSA) is 68.4 Å². The van der Waals surface area contributed by atoms with Crippen molar-refractivity contribution >= 4 is 0 Å². The van der Waals surface area contributed by atoms with Gasteiger partial charge in [-0.25, -0.2) is 0 Å². The number of rotatable bonds is 4. The molecule has 0 amide bonds. The second-order valence-electron chi connectivity index (χ2n) is 5.71. The molecular weight excluding hydrogens is 244 g/mol. The van der Waals surface area contributed by atoms with Crippen molar-refractivity contribution in [3.63, 3.8) is 0 Å². The van der Waals surface area contributed by atoms with E-state index in [-0.39, 0.29) is 12.0 Å². The third kappa shape index (κ3) is 3.34. The predicted octanol–water partition coefficient (Wildman–Crippen LogP) is 2.75. The van der Waals surface area contributed by atoms with Crippen LogP contribution in [0, 0.1) is 0 Å². The van der Waals surface area contributed by atoms with E-state index in [1.807, 2.05) is 20.8 Å². The largest absolute Gasteiger partial charge is 0.392 e. The Morgan fingerprint density at radius 1 is 1.32 bits per heavy atom. The van der Waals surface area contributed by atoms with Gasteiger partial charge in [-0.1, -0.05) is 24.4 Å². The molecule has 1 aliphatic carbocycles. The molecule has 1 N–H and O–H groups in total. The van der Waals surface area contributed by atoms with Gasteiger partial charge in [0.2, 0.25) is 11.7 Å². The molecule has 1 fully saturated rings. The van der Waals surface area contributed by atoms with E-state index in [9.17, 15) is 5.11 Å². The molecule has 2 atom stereocenters. The first-order valence-electron chi connectivity index (χ1n) is 7.20. The first-order chi connectivity index (χ1) is 9.04. The van der Waals surface area contributed by atoms with Crippen LogP contribution in [0.5, 0.6) is 0 Å². The van der Waals surface area contributed by atoms with Crippen LogP contribution in [-0.4, -0.2) is 28.0 Å². The third-order valence-corrected chi connectivity index (χ3v) is 3.78. The Bertz CT molecular complexity index is 403. The Balaban J connectivity index is 2.15. The van der Waals surface area contributed by atoms with Gasteiger partial charge < -0.3 is 14.4 Å². The van der Waals surface area contributed by atoms with Gasteiger partial charge in [0.15, 0.2) is 0 Å². The fourth-order valence-electron chi connectivity index (χ4n) is 2.63. The SMILES string of the molecule is CCOC(C)(C)c1noc(C2CCCCCC2O)n1. The average Bonchev–Trinajstić information content (AvgIpc) is 2.74. The van der Waals surface area contributed by atoms with Gasteiger partial charge >= 0.3 is 0 Å². The third-order valence-electron chi connectivity index (χ3n) is 3.78. The van der Waals surface area contributed by atoms with Gasteiger partial charge in [0.05, 0.1) is 12.0 Å². The molecule has 0 bridgehead atoms. The Labute approximate surface area is 114 Å². The summed E-state index contributed by atoms with van der Waals surface area (Å²) in [5.74, 6) is 1.08. The molecule has 1 aromatic rings. The van der Waals surface area contributed by atoms with Crippen LogP contribution in [0.25, 0.3) is 0 Å². The summed E-state index contributed by atoms with van der Waals surface area (Å²) in [5, 5.41) is 14.2. The lowest BCUT2D eigenvalue weighted by Crippen LogP contribution is -2.23. The highest BCUT2D eigenvalue weighted by atomic mass is 16.5. The van der Waals surface area contributed by atoms with E-state index in [0.717, 1.165) is 25.7 Å². The van der Waals surface area contributed by atoms with Gasteiger partial charge in [0.25, 0.3) is 0 Å². The van der Waals surface area contributed by atoms with E-state index in [1.165, 1.54) is 6.42 Å². The number of hydrogen-bond acceptors (Lipinski definition) is 5. The van der Waals surface area contributed by atoms with Gasteiger partial charge in [-0.15, -0.1) is 0 Å². The van der Waals surface area contributed by atoms with E-state index < -0.39 is 5.60 Å². The number of ether oxygens (including phenoxy) is 1. The van der Waals surface area contributed by atoms with Crippen LogP contribution in [-0.2, 0) is 10.3 Å². The molecule has 0 spiro atoms. The summed E-state index contributed by atoms with van der Waals surface area (Å²) in [6.07, 6.45) is 4.71. The second-order valence-corrected chi connectivity index (χ2v) is 5.71. The zero-order chi connectivity index (χ0) is 13.9. The minimum atomic E-state index is -0.549. The van der Waals surface area contributed by atoms with Gasteiger partial charge in [-0.05, 0) is 33.6 Å². The lowest BCUT2D eigenvalue weighted by Gasteiger charge is -2.20. The minimum Gasteiger partial charge on any atom is -0.392 e. The quantitative estimate of drug-likeness (QED) is 0.850. The minimum absolute atomic E-state index is 0.0267. The van der Waals surface area contributed by atoms with E-state index in [4.69, 9.17) is 9.26 Å².